The Morgan fingerprint density at radius 1 is 0.541 bits per heavy atom. The molecule has 21 heteroatoms. The first-order chi connectivity index (χ1) is 29.4. The molecular formula is C40H68N6O10S5. The fraction of sp³-hybridized carbons (Fsp3) is 0.800. The molecule has 6 N–H and O–H groups in total. The largest absolute Gasteiger partial charge is 0.355 e. The molecule has 4 fully saturated rings. The molecule has 0 bridgehead atoms. The van der Waals surface area contributed by atoms with Crippen LogP contribution in [-0.4, -0.2) is 140 Å². The van der Waals surface area contributed by atoms with Crippen LogP contribution in [0.3, 0.4) is 0 Å². The van der Waals surface area contributed by atoms with Gasteiger partial charge in [0, 0.05) is 122 Å². The van der Waals surface area contributed by atoms with E-state index in [9.17, 15) is 38.4 Å². The molecule has 0 radical (unpaired) electrons. The minimum atomic E-state index is -0.695. The minimum absolute atomic E-state index is 0.00476. The summed E-state index contributed by atoms with van der Waals surface area (Å²) in [5, 5.41) is 10.2. The SMILES string of the molecule is CSCCNC(=O)CCCCCC(=O)NCCSC1CCC1SC.NCCSC1CCC1SCCN.O=C(CCCCCC(=O)ON1C(=O)CCC1=O)ON1C(=O)CCC1=O. The highest BCUT2D eigenvalue weighted by Crippen LogP contribution is 2.40. The van der Waals surface area contributed by atoms with Gasteiger partial charge in [-0.05, 0) is 63.9 Å². The van der Waals surface area contributed by atoms with Crippen LogP contribution in [0, 0.1) is 0 Å². The zero-order valence-electron chi connectivity index (χ0n) is 35.9. The number of thioether (sulfide) groups is 5. The molecule has 2 aliphatic heterocycles. The predicted octanol–water partition coefficient (Wildman–Crippen LogP) is 4.21. The Labute approximate surface area is 382 Å². The average molecular weight is 953 g/mol. The number of nitrogens with one attached hydrogen (secondary N) is 2. The van der Waals surface area contributed by atoms with Gasteiger partial charge in [-0.15, -0.1) is 10.1 Å². The normalized spacial score (nSPS) is 20.5. The number of carbonyl (C=O) groups is 8. The lowest BCUT2D eigenvalue weighted by molar-refractivity contribution is -0.197. The smallest absolute Gasteiger partial charge is 0.333 e. The van der Waals surface area contributed by atoms with Gasteiger partial charge in [-0.1, -0.05) is 12.8 Å². The van der Waals surface area contributed by atoms with E-state index >= 15 is 0 Å². The van der Waals surface area contributed by atoms with E-state index in [2.05, 4.69) is 16.9 Å². The van der Waals surface area contributed by atoms with E-state index < -0.39 is 35.6 Å². The van der Waals surface area contributed by atoms with E-state index in [0.717, 1.165) is 89.5 Å². The van der Waals surface area contributed by atoms with Gasteiger partial charge in [-0.25, -0.2) is 9.59 Å². The Kier molecular flexibility index (Phi) is 30.1. The molecule has 0 aromatic heterocycles. The van der Waals surface area contributed by atoms with E-state index in [-0.39, 0.29) is 50.3 Å². The molecule has 2 heterocycles. The summed E-state index contributed by atoms with van der Waals surface area (Å²) in [4.78, 5) is 101. The molecule has 4 unspecified atom stereocenters. The van der Waals surface area contributed by atoms with Crippen molar-refractivity contribution in [1.82, 2.24) is 20.8 Å². The molecule has 61 heavy (non-hydrogen) atoms. The summed E-state index contributed by atoms with van der Waals surface area (Å²) in [5.41, 5.74) is 10.9. The second-order valence-electron chi connectivity index (χ2n) is 14.6. The van der Waals surface area contributed by atoms with Crippen LogP contribution in [0.25, 0.3) is 0 Å². The van der Waals surface area contributed by atoms with Gasteiger partial charge in [0.05, 0.1) is 0 Å². The van der Waals surface area contributed by atoms with Crippen molar-refractivity contribution >= 4 is 106 Å². The molecule has 2 saturated carbocycles. The van der Waals surface area contributed by atoms with Crippen LogP contribution >= 0.6 is 58.8 Å². The van der Waals surface area contributed by atoms with Gasteiger partial charge >= 0.3 is 11.9 Å². The monoisotopic (exact) mass is 952 g/mol. The summed E-state index contributed by atoms with van der Waals surface area (Å²) in [6, 6.07) is 0. The highest BCUT2D eigenvalue weighted by atomic mass is 32.2. The molecule has 16 nitrogen and oxygen atoms in total. The molecule has 2 saturated heterocycles. The first-order valence-electron chi connectivity index (χ1n) is 21.4. The van der Waals surface area contributed by atoms with E-state index in [1.165, 1.54) is 25.7 Å². The van der Waals surface area contributed by atoms with Crippen LogP contribution in [0.15, 0.2) is 0 Å². The molecule has 4 atom stereocenters. The van der Waals surface area contributed by atoms with Gasteiger partial charge < -0.3 is 31.8 Å². The lowest BCUT2D eigenvalue weighted by atomic mass is 9.99. The van der Waals surface area contributed by atoms with Crippen LogP contribution in [0.2, 0.25) is 0 Å². The second kappa shape index (κ2) is 33.4. The Morgan fingerprint density at radius 2 is 0.902 bits per heavy atom. The summed E-state index contributed by atoms with van der Waals surface area (Å²) >= 11 is 9.77. The Hall–Kier alpha value is -2.17. The number of amides is 6. The molecule has 0 aromatic carbocycles. The van der Waals surface area contributed by atoms with Gasteiger partial charge in [-0.2, -0.15) is 58.8 Å². The zero-order valence-corrected chi connectivity index (χ0v) is 39.9. The third kappa shape index (κ3) is 23.4. The van der Waals surface area contributed by atoms with Crippen molar-refractivity contribution in [3.05, 3.63) is 0 Å². The van der Waals surface area contributed by atoms with E-state index in [1.807, 2.05) is 53.3 Å². The Morgan fingerprint density at radius 3 is 1.26 bits per heavy atom. The maximum Gasteiger partial charge on any atom is 0.333 e. The number of imide groups is 2. The predicted molar refractivity (Wildman–Crippen MR) is 248 cm³/mol. The van der Waals surface area contributed by atoms with E-state index in [0.29, 0.717) is 42.2 Å². The molecule has 348 valence electrons. The Bertz CT molecular complexity index is 1300. The molecule has 0 aromatic rings. The molecular weight excluding hydrogens is 885 g/mol. The highest BCUT2D eigenvalue weighted by molar-refractivity contribution is 8.04. The van der Waals surface area contributed by atoms with E-state index in [4.69, 9.17) is 21.1 Å². The number of hydrogen-bond acceptors (Lipinski definition) is 17. The standard InChI is InChI=1S/C17H32N2O2S3.C15H18N2O8.C8H18N2S2/c1-22-12-10-18-16(20)6-4-3-5-7-17(21)19-11-13-24-15-9-8-14(15)23-2;18-10-6-7-11(19)16(10)24-14(22)4-2-1-3-5-15(23)25-17-12(20)8-9-13(17)21;9-3-5-11-7-1-2-8(7)12-6-4-10/h14-15H,3-13H2,1-2H3,(H,18,20)(H,19,21);1-9H2;7-8H,1-6,9-10H2. The lowest BCUT2D eigenvalue weighted by Crippen LogP contribution is -2.33. The first-order valence-corrected chi connectivity index (χ1v) is 27.2. The van der Waals surface area contributed by atoms with Crippen molar-refractivity contribution < 1.29 is 48.0 Å². The van der Waals surface area contributed by atoms with Crippen LogP contribution in [0.5, 0.6) is 0 Å². The minimum Gasteiger partial charge on any atom is -0.355 e. The van der Waals surface area contributed by atoms with Crippen LogP contribution < -0.4 is 22.1 Å². The number of hydrogen-bond donors (Lipinski definition) is 4. The van der Waals surface area contributed by atoms with Crippen LogP contribution in [0.4, 0.5) is 0 Å². The third-order valence-electron chi connectivity index (χ3n) is 9.85. The average Bonchev–Trinajstić information content (AvgIpc) is 3.71. The van der Waals surface area contributed by atoms with Crippen molar-refractivity contribution in [3.8, 4) is 0 Å². The first kappa shape index (κ1) is 55.0. The van der Waals surface area contributed by atoms with Crippen LogP contribution in [0.1, 0.15) is 116 Å². The molecule has 0 spiro atoms. The van der Waals surface area contributed by atoms with Crippen molar-refractivity contribution in [3.63, 3.8) is 0 Å². The number of rotatable bonds is 28. The fourth-order valence-electron chi connectivity index (χ4n) is 6.10. The van der Waals surface area contributed by atoms with Crippen molar-refractivity contribution in [1.29, 1.82) is 0 Å². The van der Waals surface area contributed by atoms with E-state index in [1.54, 1.807) is 11.8 Å². The summed E-state index contributed by atoms with van der Waals surface area (Å²) in [7, 11) is 0. The zero-order chi connectivity index (χ0) is 44.8. The summed E-state index contributed by atoms with van der Waals surface area (Å²) in [5.74, 6) is 0.957. The Balaban J connectivity index is 0.000000334. The molecule has 6 amide bonds. The number of nitrogens with two attached hydrogens (primary N) is 2. The third-order valence-corrected chi connectivity index (χ3v) is 16.3. The second-order valence-corrected chi connectivity index (χ2v) is 20.7. The van der Waals surface area contributed by atoms with Crippen LogP contribution in [-0.2, 0) is 48.0 Å². The number of carbonyl (C=O) groups excluding carboxylic acids is 8. The maximum atomic E-state index is 11.8. The summed E-state index contributed by atoms with van der Waals surface area (Å²) in [6.07, 6.45) is 14.9. The van der Waals surface area contributed by atoms with Gasteiger partial charge in [0.25, 0.3) is 23.6 Å². The maximum absolute atomic E-state index is 11.8. The lowest BCUT2D eigenvalue weighted by Gasteiger charge is -2.35. The number of unbranched alkanes of at least 4 members (excludes halogenated alkanes) is 4. The number of nitrogens with zero attached hydrogens (tertiary/aromatic N) is 2. The molecule has 4 rings (SSSR count). The summed E-state index contributed by atoms with van der Waals surface area (Å²) < 4.78 is 0. The highest BCUT2D eigenvalue weighted by Gasteiger charge is 2.34. The number of hydroxylamine groups is 4. The summed E-state index contributed by atoms with van der Waals surface area (Å²) in [6.45, 7) is 3.16. The van der Waals surface area contributed by atoms with Crippen molar-refractivity contribution in [2.24, 2.45) is 11.5 Å². The van der Waals surface area contributed by atoms with Crippen molar-refractivity contribution in [2.75, 3.05) is 61.7 Å². The van der Waals surface area contributed by atoms with Gasteiger partial charge in [0.1, 0.15) is 0 Å². The van der Waals surface area contributed by atoms with Crippen molar-refractivity contribution in [2.45, 2.75) is 137 Å². The molecule has 2 aliphatic carbocycles. The fourth-order valence-corrected chi connectivity index (χ4v) is 11.6. The molecule has 4 aliphatic rings. The van der Waals surface area contributed by atoms with Gasteiger partial charge in [-0.3, -0.25) is 28.8 Å². The van der Waals surface area contributed by atoms with Gasteiger partial charge in [0.2, 0.25) is 11.8 Å². The quantitative estimate of drug-likeness (QED) is 0.0635. The van der Waals surface area contributed by atoms with Gasteiger partial charge in [0.15, 0.2) is 0 Å². The topological polar surface area (TPSA) is 238 Å².